The van der Waals surface area contributed by atoms with Gasteiger partial charge in [-0.1, -0.05) is 37.3 Å². The van der Waals surface area contributed by atoms with Gasteiger partial charge < -0.3 is 15.4 Å². The molecule has 4 heteroatoms. The van der Waals surface area contributed by atoms with E-state index in [4.69, 9.17) is 4.74 Å². The van der Waals surface area contributed by atoms with Crippen molar-refractivity contribution < 1.29 is 9.53 Å². The SMILES string of the molecule is CCc1ccccc1NC(=O)NCCOc1cccc(C)c1C. The molecule has 23 heavy (non-hydrogen) atoms. The van der Waals surface area contributed by atoms with Crippen molar-refractivity contribution in [2.45, 2.75) is 27.2 Å². The van der Waals surface area contributed by atoms with Crippen molar-refractivity contribution >= 4 is 11.7 Å². The van der Waals surface area contributed by atoms with Crippen molar-refractivity contribution in [3.63, 3.8) is 0 Å². The van der Waals surface area contributed by atoms with Gasteiger partial charge in [-0.3, -0.25) is 0 Å². The van der Waals surface area contributed by atoms with Gasteiger partial charge in [0.1, 0.15) is 12.4 Å². The monoisotopic (exact) mass is 312 g/mol. The molecule has 2 N–H and O–H groups in total. The molecule has 0 atom stereocenters. The van der Waals surface area contributed by atoms with Gasteiger partial charge in [0.25, 0.3) is 0 Å². The van der Waals surface area contributed by atoms with Crippen LogP contribution in [-0.2, 0) is 6.42 Å². The van der Waals surface area contributed by atoms with Crippen LogP contribution in [0.25, 0.3) is 0 Å². The third-order valence-electron chi connectivity index (χ3n) is 3.85. The Hall–Kier alpha value is -2.49. The van der Waals surface area contributed by atoms with Crippen LogP contribution < -0.4 is 15.4 Å². The predicted octanol–water partition coefficient (Wildman–Crippen LogP) is 4.07. The molecule has 4 nitrogen and oxygen atoms in total. The van der Waals surface area contributed by atoms with E-state index >= 15 is 0 Å². The first-order chi connectivity index (χ1) is 11.1. The molecule has 0 fully saturated rings. The number of amides is 2. The van der Waals surface area contributed by atoms with Gasteiger partial charge >= 0.3 is 6.03 Å². The highest BCUT2D eigenvalue weighted by Crippen LogP contribution is 2.20. The smallest absolute Gasteiger partial charge is 0.319 e. The second kappa shape index (κ2) is 8.22. The Kier molecular flexibility index (Phi) is 6.03. The standard InChI is InChI=1S/C19H24N2O2/c1-4-16-9-5-6-10-17(16)21-19(22)20-12-13-23-18-11-7-8-14(2)15(18)3/h5-11H,4,12-13H2,1-3H3,(H2,20,21,22). The summed E-state index contributed by atoms with van der Waals surface area (Å²) in [5, 5.41) is 5.69. The largest absolute Gasteiger partial charge is 0.491 e. The van der Waals surface area contributed by atoms with E-state index in [-0.39, 0.29) is 6.03 Å². The molecule has 2 aromatic carbocycles. The van der Waals surface area contributed by atoms with Crippen LogP contribution in [0.5, 0.6) is 5.75 Å². The van der Waals surface area contributed by atoms with Gasteiger partial charge in [0.2, 0.25) is 0 Å². The molecule has 0 spiro atoms. The van der Waals surface area contributed by atoms with Crippen LogP contribution in [0, 0.1) is 13.8 Å². The number of aryl methyl sites for hydroxylation is 2. The summed E-state index contributed by atoms with van der Waals surface area (Å²) in [6.45, 7) is 7.04. The maximum Gasteiger partial charge on any atom is 0.319 e. The van der Waals surface area contributed by atoms with Crippen LogP contribution in [0.1, 0.15) is 23.6 Å². The van der Waals surface area contributed by atoms with E-state index in [1.165, 1.54) is 5.56 Å². The first kappa shape index (κ1) is 16.9. The minimum absolute atomic E-state index is 0.213. The third kappa shape index (κ3) is 4.74. The predicted molar refractivity (Wildman–Crippen MR) is 94.3 cm³/mol. The van der Waals surface area contributed by atoms with E-state index < -0.39 is 0 Å². The molecule has 0 radical (unpaired) electrons. The second-order valence-corrected chi connectivity index (χ2v) is 5.44. The Balaban J connectivity index is 1.78. The number of nitrogens with one attached hydrogen (secondary N) is 2. The minimum Gasteiger partial charge on any atom is -0.491 e. The number of para-hydroxylation sites is 1. The number of carbonyl (C=O) groups is 1. The fourth-order valence-electron chi connectivity index (χ4n) is 2.32. The van der Waals surface area contributed by atoms with E-state index in [1.807, 2.05) is 43.3 Å². The molecule has 122 valence electrons. The lowest BCUT2D eigenvalue weighted by Gasteiger charge is -2.13. The quantitative estimate of drug-likeness (QED) is 0.790. The van der Waals surface area contributed by atoms with Gasteiger partial charge in [0.15, 0.2) is 0 Å². The van der Waals surface area contributed by atoms with Crippen LogP contribution >= 0.6 is 0 Å². The van der Waals surface area contributed by atoms with Crippen molar-refractivity contribution in [3.05, 3.63) is 59.2 Å². The normalized spacial score (nSPS) is 10.2. The highest BCUT2D eigenvalue weighted by atomic mass is 16.5. The van der Waals surface area contributed by atoms with Crippen molar-refractivity contribution in [2.24, 2.45) is 0 Å². The third-order valence-corrected chi connectivity index (χ3v) is 3.85. The molecule has 0 heterocycles. The Bertz CT molecular complexity index is 668. The summed E-state index contributed by atoms with van der Waals surface area (Å²) in [5.41, 5.74) is 4.30. The summed E-state index contributed by atoms with van der Waals surface area (Å²) >= 11 is 0. The number of hydrogen-bond acceptors (Lipinski definition) is 2. The van der Waals surface area contributed by atoms with Crippen LogP contribution in [0.15, 0.2) is 42.5 Å². The second-order valence-electron chi connectivity index (χ2n) is 5.44. The number of anilines is 1. The summed E-state index contributed by atoms with van der Waals surface area (Å²) in [6, 6.07) is 13.6. The zero-order chi connectivity index (χ0) is 16.7. The van der Waals surface area contributed by atoms with Crippen LogP contribution in [0.2, 0.25) is 0 Å². The molecule has 2 rings (SSSR count). The van der Waals surface area contributed by atoms with Crippen molar-refractivity contribution in [1.29, 1.82) is 0 Å². The Labute approximate surface area is 137 Å². The van der Waals surface area contributed by atoms with Gasteiger partial charge in [-0.15, -0.1) is 0 Å². The fraction of sp³-hybridized carbons (Fsp3) is 0.316. The summed E-state index contributed by atoms with van der Waals surface area (Å²) in [7, 11) is 0. The van der Waals surface area contributed by atoms with E-state index in [2.05, 4.69) is 30.5 Å². The maximum atomic E-state index is 11.9. The Morgan fingerprint density at radius 3 is 2.65 bits per heavy atom. The van der Waals surface area contributed by atoms with E-state index in [1.54, 1.807) is 0 Å². The lowest BCUT2D eigenvalue weighted by atomic mass is 10.1. The summed E-state index contributed by atoms with van der Waals surface area (Å²) in [6.07, 6.45) is 0.881. The lowest BCUT2D eigenvalue weighted by Crippen LogP contribution is -2.32. The average molecular weight is 312 g/mol. The molecule has 0 saturated heterocycles. The highest BCUT2D eigenvalue weighted by molar-refractivity contribution is 5.90. The number of carbonyl (C=O) groups excluding carboxylic acids is 1. The number of rotatable bonds is 6. The molecule has 0 aliphatic heterocycles. The first-order valence-electron chi connectivity index (χ1n) is 7.93. The van der Waals surface area contributed by atoms with E-state index in [9.17, 15) is 4.79 Å². The highest BCUT2D eigenvalue weighted by Gasteiger charge is 2.05. The Morgan fingerprint density at radius 2 is 1.87 bits per heavy atom. The molecule has 0 saturated carbocycles. The van der Waals surface area contributed by atoms with Crippen LogP contribution in [0.3, 0.4) is 0 Å². The van der Waals surface area contributed by atoms with Crippen LogP contribution in [0.4, 0.5) is 10.5 Å². The molecule has 0 aliphatic carbocycles. The van der Waals surface area contributed by atoms with Gasteiger partial charge in [-0.05, 0) is 49.1 Å². The molecular formula is C19H24N2O2. The number of urea groups is 1. The number of benzene rings is 2. The topological polar surface area (TPSA) is 50.4 Å². The molecule has 2 aromatic rings. The van der Waals surface area contributed by atoms with Gasteiger partial charge in [0, 0.05) is 5.69 Å². The van der Waals surface area contributed by atoms with Crippen molar-refractivity contribution in [3.8, 4) is 5.75 Å². The molecule has 0 bridgehead atoms. The molecular weight excluding hydrogens is 288 g/mol. The minimum atomic E-state index is -0.213. The molecule has 0 aromatic heterocycles. The average Bonchev–Trinajstić information content (AvgIpc) is 2.55. The summed E-state index contributed by atoms with van der Waals surface area (Å²) < 4.78 is 5.72. The van der Waals surface area contributed by atoms with Gasteiger partial charge in [0.05, 0.1) is 6.54 Å². The zero-order valence-electron chi connectivity index (χ0n) is 14.0. The van der Waals surface area contributed by atoms with Gasteiger partial charge in [-0.2, -0.15) is 0 Å². The first-order valence-corrected chi connectivity index (χ1v) is 7.93. The molecule has 0 aliphatic rings. The summed E-state index contributed by atoms with van der Waals surface area (Å²) in [5.74, 6) is 0.864. The van der Waals surface area contributed by atoms with Crippen molar-refractivity contribution in [2.75, 3.05) is 18.5 Å². The van der Waals surface area contributed by atoms with Gasteiger partial charge in [-0.25, -0.2) is 4.79 Å². The Morgan fingerprint density at radius 1 is 1.09 bits per heavy atom. The summed E-state index contributed by atoms with van der Waals surface area (Å²) in [4.78, 5) is 11.9. The molecule has 0 unspecified atom stereocenters. The zero-order valence-corrected chi connectivity index (χ0v) is 14.0. The van der Waals surface area contributed by atoms with Crippen molar-refractivity contribution in [1.82, 2.24) is 5.32 Å². The maximum absolute atomic E-state index is 11.9. The van der Waals surface area contributed by atoms with Crippen LogP contribution in [-0.4, -0.2) is 19.2 Å². The lowest BCUT2D eigenvalue weighted by molar-refractivity contribution is 0.247. The number of hydrogen-bond donors (Lipinski definition) is 2. The fourth-order valence-corrected chi connectivity index (χ4v) is 2.32. The van der Waals surface area contributed by atoms with E-state index in [0.717, 1.165) is 29.0 Å². The van der Waals surface area contributed by atoms with E-state index in [0.29, 0.717) is 13.2 Å². The molecule has 2 amide bonds. The number of ether oxygens (including phenoxy) is 1.